The zero-order chi connectivity index (χ0) is 21.6. The van der Waals surface area contributed by atoms with Crippen LogP contribution in [0.5, 0.6) is 11.5 Å². The van der Waals surface area contributed by atoms with Gasteiger partial charge in [-0.25, -0.2) is 0 Å². The van der Waals surface area contributed by atoms with E-state index >= 15 is 0 Å². The Hall–Kier alpha value is -4.10. The van der Waals surface area contributed by atoms with E-state index in [1.54, 1.807) is 54.9 Å². The molecule has 2 aromatic carbocycles. The summed E-state index contributed by atoms with van der Waals surface area (Å²) in [4.78, 5) is 30.6. The molecule has 2 amide bonds. The highest BCUT2D eigenvalue weighted by Crippen LogP contribution is 2.26. The Morgan fingerprint density at radius 3 is 2.39 bits per heavy atom. The number of nitrogens with one attached hydrogen (secondary N) is 1. The van der Waals surface area contributed by atoms with Gasteiger partial charge < -0.3 is 4.74 Å². The van der Waals surface area contributed by atoms with E-state index in [1.807, 2.05) is 36.4 Å². The van der Waals surface area contributed by atoms with Crippen LogP contribution in [0, 0.1) is 0 Å². The number of benzene rings is 2. The molecular formula is C24H17N3O3S. The predicted octanol–water partition coefficient (Wildman–Crippen LogP) is 4.26. The second-order valence-corrected chi connectivity index (χ2v) is 6.92. The van der Waals surface area contributed by atoms with Crippen LogP contribution in [0.2, 0.25) is 0 Å². The Kier molecular flexibility index (Phi) is 5.96. The lowest BCUT2D eigenvalue weighted by Crippen LogP contribution is -2.54. The predicted molar refractivity (Wildman–Crippen MR) is 123 cm³/mol. The van der Waals surface area contributed by atoms with E-state index in [1.165, 1.54) is 11.0 Å². The molecule has 152 valence electrons. The van der Waals surface area contributed by atoms with Gasteiger partial charge >= 0.3 is 0 Å². The Morgan fingerprint density at radius 1 is 0.935 bits per heavy atom. The normalized spacial score (nSPS) is 15.4. The summed E-state index contributed by atoms with van der Waals surface area (Å²) >= 11 is 5.23. The highest BCUT2D eigenvalue weighted by Gasteiger charge is 2.34. The van der Waals surface area contributed by atoms with E-state index < -0.39 is 11.8 Å². The van der Waals surface area contributed by atoms with Gasteiger partial charge in [0.25, 0.3) is 11.8 Å². The molecule has 6 nitrogen and oxygen atoms in total. The van der Waals surface area contributed by atoms with Crippen LogP contribution in [0.4, 0.5) is 5.69 Å². The lowest BCUT2D eigenvalue weighted by Gasteiger charge is -2.28. The Labute approximate surface area is 184 Å². The Bertz CT molecular complexity index is 1170. The number of hydrogen-bond donors (Lipinski definition) is 1. The monoisotopic (exact) mass is 427 g/mol. The third kappa shape index (κ3) is 4.73. The van der Waals surface area contributed by atoms with Crippen molar-refractivity contribution in [2.75, 3.05) is 4.90 Å². The van der Waals surface area contributed by atoms with Crippen LogP contribution in [0.1, 0.15) is 5.56 Å². The van der Waals surface area contributed by atoms with Crippen LogP contribution in [0.3, 0.4) is 0 Å². The number of carbonyl (C=O) groups is 2. The molecule has 31 heavy (non-hydrogen) atoms. The first-order chi connectivity index (χ1) is 15.1. The van der Waals surface area contributed by atoms with E-state index in [-0.39, 0.29) is 10.7 Å². The van der Waals surface area contributed by atoms with Crippen molar-refractivity contribution in [2.24, 2.45) is 0 Å². The van der Waals surface area contributed by atoms with Crippen molar-refractivity contribution in [3.05, 3.63) is 102 Å². The zero-order valence-electron chi connectivity index (χ0n) is 16.3. The molecule has 0 spiro atoms. The third-order valence-corrected chi connectivity index (χ3v) is 4.70. The summed E-state index contributed by atoms with van der Waals surface area (Å²) in [5.74, 6) is 0.287. The van der Waals surface area contributed by atoms with Gasteiger partial charge in [0.05, 0.1) is 5.69 Å². The number of rotatable bonds is 5. The summed E-state index contributed by atoms with van der Waals surface area (Å²) in [6, 6.07) is 19.9. The van der Waals surface area contributed by atoms with Crippen LogP contribution in [-0.2, 0) is 9.59 Å². The number of hydrogen-bond acceptors (Lipinski definition) is 5. The van der Waals surface area contributed by atoms with Crippen molar-refractivity contribution in [3.63, 3.8) is 0 Å². The quantitative estimate of drug-likeness (QED) is 0.374. The number of amides is 2. The maximum Gasteiger partial charge on any atom is 0.270 e. The van der Waals surface area contributed by atoms with Crippen molar-refractivity contribution >= 4 is 40.9 Å². The summed E-state index contributed by atoms with van der Waals surface area (Å²) in [6.07, 6.45) is 8.20. The minimum atomic E-state index is -0.536. The molecule has 0 saturated carbocycles. The minimum absolute atomic E-state index is 0.0154. The van der Waals surface area contributed by atoms with E-state index in [4.69, 9.17) is 17.0 Å². The molecule has 1 N–H and O–H groups in total. The average molecular weight is 427 g/mol. The molecule has 7 heteroatoms. The van der Waals surface area contributed by atoms with Crippen molar-refractivity contribution in [2.45, 2.75) is 0 Å². The smallest absolute Gasteiger partial charge is 0.270 e. The lowest BCUT2D eigenvalue weighted by atomic mass is 10.1. The van der Waals surface area contributed by atoms with Gasteiger partial charge in [-0.1, -0.05) is 36.4 Å². The molecule has 3 aromatic rings. The van der Waals surface area contributed by atoms with Gasteiger partial charge in [-0.05, 0) is 66.3 Å². The summed E-state index contributed by atoms with van der Waals surface area (Å²) in [5.41, 5.74) is 1.36. The van der Waals surface area contributed by atoms with Crippen LogP contribution in [0.15, 0.2) is 96.8 Å². The highest BCUT2D eigenvalue weighted by atomic mass is 32.1. The molecule has 1 aliphatic heterocycles. The molecule has 1 aromatic heterocycles. The standard InChI is InChI=1S/C24H17N3O3S/c28-22-21(10-4-6-17-7-5-15-25-16-17)23(29)27(24(31)26-22)18-11-13-20(14-12-18)30-19-8-2-1-3-9-19/h1-16H,(H,26,28,31)/b6-4-,21-10+. The second kappa shape index (κ2) is 9.15. The van der Waals surface area contributed by atoms with Crippen molar-refractivity contribution in [3.8, 4) is 11.5 Å². The number of thiocarbonyl (C=S) groups is 1. The first-order valence-corrected chi connectivity index (χ1v) is 9.84. The number of allylic oxidation sites excluding steroid dienone is 2. The van der Waals surface area contributed by atoms with Gasteiger partial charge in [0.1, 0.15) is 17.1 Å². The molecule has 0 aliphatic carbocycles. The van der Waals surface area contributed by atoms with Gasteiger partial charge in [0.15, 0.2) is 5.11 Å². The van der Waals surface area contributed by atoms with E-state index in [9.17, 15) is 9.59 Å². The summed E-state index contributed by atoms with van der Waals surface area (Å²) in [5, 5.41) is 2.59. The number of nitrogens with zero attached hydrogens (tertiary/aromatic N) is 2. The van der Waals surface area contributed by atoms with Gasteiger partial charge in [-0.3, -0.25) is 24.8 Å². The molecule has 2 heterocycles. The lowest BCUT2D eigenvalue weighted by molar-refractivity contribution is -0.122. The number of anilines is 1. The number of pyridine rings is 1. The fraction of sp³-hybridized carbons (Fsp3) is 0. The van der Waals surface area contributed by atoms with Crippen molar-refractivity contribution in [1.29, 1.82) is 0 Å². The van der Waals surface area contributed by atoms with Gasteiger partial charge in [-0.2, -0.15) is 0 Å². The van der Waals surface area contributed by atoms with E-state index in [0.717, 1.165) is 5.56 Å². The summed E-state index contributed by atoms with van der Waals surface area (Å²) in [6.45, 7) is 0. The molecule has 0 unspecified atom stereocenters. The fourth-order valence-electron chi connectivity index (χ4n) is 2.93. The number of aromatic nitrogens is 1. The third-order valence-electron chi connectivity index (χ3n) is 4.41. The van der Waals surface area contributed by atoms with Gasteiger partial charge in [0.2, 0.25) is 0 Å². The molecular weight excluding hydrogens is 410 g/mol. The Balaban J connectivity index is 1.54. The Morgan fingerprint density at radius 2 is 1.68 bits per heavy atom. The molecule has 1 fully saturated rings. The zero-order valence-corrected chi connectivity index (χ0v) is 17.1. The molecule has 0 bridgehead atoms. The molecule has 1 saturated heterocycles. The second-order valence-electron chi connectivity index (χ2n) is 6.53. The van der Waals surface area contributed by atoms with Crippen LogP contribution in [-0.4, -0.2) is 21.9 Å². The highest BCUT2D eigenvalue weighted by molar-refractivity contribution is 7.80. The minimum Gasteiger partial charge on any atom is -0.457 e. The molecule has 4 rings (SSSR count). The van der Waals surface area contributed by atoms with Gasteiger partial charge in [0, 0.05) is 12.4 Å². The van der Waals surface area contributed by atoms with Crippen LogP contribution in [0.25, 0.3) is 6.08 Å². The number of carbonyl (C=O) groups excluding carboxylic acids is 2. The van der Waals surface area contributed by atoms with E-state index in [0.29, 0.717) is 17.2 Å². The van der Waals surface area contributed by atoms with Crippen molar-refractivity contribution < 1.29 is 14.3 Å². The molecule has 1 aliphatic rings. The maximum atomic E-state index is 13.0. The first-order valence-electron chi connectivity index (χ1n) is 9.43. The van der Waals surface area contributed by atoms with E-state index in [2.05, 4.69) is 10.3 Å². The average Bonchev–Trinajstić information content (AvgIpc) is 2.78. The number of para-hydroxylation sites is 1. The van der Waals surface area contributed by atoms with Crippen LogP contribution >= 0.6 is 12.2 Å². The first kappa shape index (κ1) is 20.2. The van der Waals surface area contributed by atoms with Crippen LogP contribution < -0.4 is 15.0 Å². The van der Waals surface area contributed by atoms with Gasteiger partial charge in [-0.15, -0.1) is 0 Å². The maximum absolute atomic E-state index is 13.0. The largest absolute Gasteiger partial charge is 0.457 e. The topological polar surface area (TPSA) is 71.5 Å². The number of ether oxygens (including phenoxy) is 1. The molecule has 0 radical (unpaired) electrons. The SMILES string of the molecule is O=C1NC(=S)N(c2ccc(Oc3ccccc3)cc2)C(=O)/C1=C/C=C\c1cccnc1. The molecule has 0 atom stereocenters. The van der Waals surface area contributed by atoms with Crippen molar-refractivity contribution in [1.82, 2.24) is 10.3 Å². The summed E-state index contributed by atoms with van der Waals surface area (Å²) < 4.78 is 5.78. The summed E-state index contributed by atoms with van der Waals surface area (Å²) in [7, 11) is 0. The fourth-order valence-corrected chi connectivity index (χ4v) is 3.21.